The van der Waals surface area contributed by atoms with E-state index in [-0.39, 0.29) is 0 Å². The second kappa shape index (κ2) is 8.57. The molecule has 5 rings (SSSR count). The van der Waals surface area contributed by atoms with Crippen LogP contribution in [0.2, 0.25) is 5.02 Å². The Balaban J connectivity index is 1.27. The van der Waals surface area contributed by atoms with Crippen molar-refractivity contribution < 1.29 is 9.53 Å². The van der Waals surface area contributed by atoms with Crippen molar-refractivity contribution in [1.29, 1.82) is 0 Å². The molecule has 0 unspecified atom stereocenters. The highest BCUT2D eigenvalue weighted by Gasteiger charge is 2.20. The SMILES string of the molecule is O=C(Oc1ccc2nc(N3CCN(c4ccccc4)CC3)sc2c1)c1ccc(Cl)cc1. The lowest BCUT2D eigenvalue weighted by molar-refractivity contribution is 0.0735. The number of carbonyl (C=O) groups is 1. The molecule has 0 amide bonds. The summed E-state index contributed by atoms with van der Waals surface area (Å²) in [6.45, 7) is 3.77. The number of benzene rings is 3. The van der Waals surface area contributed by atoms with Gasteiger partial charge in [0, 0.05) is 43.0 Å². The van der Waals surface area contributed by atoms with Crippen LogP contribution in [0.5, 0.6) is 5.75 Å². The predicted molar refractivity (Wildman–Crippen MR) is 127 cm³/mol. The lowest BCUT2D eigenvalue weighted by Gasteiger charge is -2.35. The van der Waals surface area contributed by atoms with Crippen LogP contribution in [0.15, 0.2) is 72.8 Å². The molecule has 31 heavy (non-hydrogen) atoms. The summed E-state index contributed by atoms with van der Waals surface area (Å²) in [5.74, 6) is 0.106. The third-order valence-electron chi connectivity index (χ3n) is 5.31. The molecule has 7 heteroatoms. The molecule has 2 heterocycles. The highest BCUT2D eigenvalue weighted by Crippen LogP contribution is 2.32. The number of halogens is 1. The van der Waals surface area contributed by atoms with Gasteiger partial charge in [0.25, 0.3) is 0 Å². The van der Waals surface area contributed by atoms with Crippen LogP contribution in [0.1, 0.15) is 10.4 Å². The zero-order valence-corrected chi connectivity index (χ0v) is 18.3. The highest BCUT2D eigenvalue weighted by atomic mass is 35.5. The van der Waals surface area contributed by atoms with Gasteiger partial charge in [-0.05, 0) is 48.5 Å². The highest BCUT2D eigenvalue weighted by molar-refractivity contribution is 7.22. The molecule has 0 spiro atoms. The van der Waals surface area contributed by atoms with Crippen molar-refractivity contribution in [3.63, 3.8) is 0 Å². The Hall–Kier alpha value is -3.09. The van der Waals surface area contributed by atoms with E-state index in [1.807, 2.05) is 18.2 Å². The standard InChI is InChI=1S/C24H20ClN3O2S/c25-18-8-6-17(7-9-18)23(29)30-20-10-11-21-22(16-20)31-24(26-21)28-14-12-27(13-15-28)19-4-2-1-3-5-19/h1-11,16H,12-15H2. The summed E-state index contributed by atoms with van der Waals surface area (Å²) in [4.78, 5) is 21.9. The molecule has 1 saturated heterocycles. The van der Waals surface area contributed by atoms with E-state index < -0.39 is 5.97 Å². The molecule has 1 aliphatic rings. The molecule has 0 atom stereocenters. The van der Waals surface area contributed by atoms with E-state index in [1.165, 1.54) is 5.69 Å². The normalized spacial score (nSPS) is 14.1. The van der Waals surface area contributed by atoms with E-state index in [9.17, 15) is 4.79 Å². The first-order valence-corrected chi connectivity index (χ1v) is 11.3. The fourth-order valence-electron chi connectivity index (χ4n) is 3.64. The minimum atomic E-state index is -0.405. The number of carbonyl (C=O) groups excluding carboxylic acids is 1. The summed E-state index contributed by atoms with van der Waals surface area (Å²) in [6.07, 6.45) is 0. The maximum atomic E-state index is 12.4. The van der Waals surface area contributed by atoms with Gasteiger partial charge in [0.15, 0.2) is 5.13 Å². The van der Waals surface area contributed by atoms with E-state index in [0.717, 1.165) is 41.5 Å². The molecule has 0 N–H and O–H groups in total. The third-order valence-corrected chi connectivity index (χ3v) is 6.64. The van der Waals surface area contributed by atoms with Crippen molar-refractivity contribution in [2.45, 2.75) is 0 Å². The van der Waals surface area contributed by atoms with Gasteiger partial charge in [-0.25, -0.2) is 9.78 Å². The van der Waals surface area contributed by atoms with E-state index in [0.29, 0.717) is 16.3 Å². The molecule has 1 fully saturated rings. The Bertz CT molecular complexity index is 1200. The summed E-state index contributed by atoms with van der Waals surface area (Å²) in [6, 6.07) is 22.7. The molecule has 0 bridgehead atoms. The summed E-state index contributed by atoms with van der Waals surface area (Å²) >= 11 is 7.51. The van der Waals surface area contributed by atoms with Gasteiger partial charge in [0.2, 0.25) is 0 Å². The summed E-state index contributed by atoms with van der Waals surface area (Å²) < 4.78 is 6.54. The number of para-hydroxylation sites is 1. The van der Waals surface area contributed by atoms with Crippen molar-refractivity contribution in [2.24, 2.45) is 0 Å². The summed E-state index contributed by atoms with van der Waals surface area (Å²) in [5.41, 5.74) is 2.64. The van der Waals surface area contributed by atoms with Gasteiger partial charge < -0.3 is 14.5 Å². The largest absolute Gasteiger partial charge is 0.423 e. The van der Waals surface area contributed by atoms with Crippen LogP contribution < -0.4 is 14.5 Å². The van der Waals surface area contributed by atoms with Crippen LogP contribution in [0.3, 0.4) is 0 Å². The fraction of sp³-hybridized carbons (Fsp3) is 0.167. The quantitative estimate of drug-likeness (QED) is 0.304. The van der Waals surface area contributed by atoms with Gasteiger partial charge in [-0.3, -0.25) is 0 Å². The van der Waals surface area contributed by atoms with E-state index in [4.69, 9.17) is 21.3 Å². The Morgan fingerprint density at radius 1 is 0.903 bits per heavy atom. The van der Waals surface area contributed by atoms with Crippen molar-refractivity contribution in [3.8, 4) is 5.75 Å². The number of thiazole rings is 1. The number of hydrogen-bond donors (Lipinski definition) is 0. The average molecular weight is 450 g/mol. The summed E-state index contributed by atoms with van der Waals surface area (Å²) in [7, 11) is 0. The molecule has 1 aliphatic heterocycles. The van der Waals surface area contributed by atoms with Crippen LogP contribution in [0.4, 0.5) is 10.8 Å². The monoisotopic (exact) mass is 449 g/mol. The molecule has 156 valence electrons. The van der Waals surface area contributed by atoms with Crippen molar-refractivity contribution in [3.05, 3.63) is 83.4 Å². The fourth-order valence-corrected chi connectivity index (χ4v) is 4.81. The molecular weight excluding hydrogens is 430 g/mol. The zero-order chi connectivity index (χ0) is 21.2. The van der Waals surface area contributed by atoms with Gasteiger partial charge in [-0.1, -0.05) is 41.1 Å². The number of ether oxygens (including phenoxy) is 1. The Labute approximate surface area is 189 Å². The molecule has 5 nitrogen and oxygen atoms in total. The number of rotatable bonds is 4. The Morgan fingerprint density at radius 3 is 2.35 bits per heavy atom. The second-order valence-electron chi connectivity index (χ2n) is 7.33. The van der Waals surface area contributed by atoms with Gasteiger partial charge in [-0.15, -0.1) is 0 Å². The van der Waals surface area contributed by atoms with Gasteiger partial charge in [0.05, 0.1) is 15.8 Å². The summed E-state index contributed by atoms with van der Waals surface area (Å²) in [5, 5.41) is 1.59. The van der Waals surface area contributed by atoms with Gasteiger partial charge in [-0.2, -0.15) is 0 Å². The van der Waals surface area contributed by atoms with Crippen molar-refractivity contribution >= 4 is 49.9 Å². The first-order valence-electron chi connectivity index (χ1n) is 10.1. The number of fused-ring (bicyclic) bond motifs is 1. The van der Waals surface area contributed by atoms with Crippen molar-refractivity contribution in [1.82, 2.24) is 4.98 Å². The van der Waals surface area contributed by atoms with Crippen molar-refractivity contribution in [2.75, 3.05) is 36.0 Å². The lowest BCUT2D eigenvalue weighted by atomic mass is 10.2. The molecule has 1 aromatic heterocycles. The van der Waals surface area contributed by atoms with Crippen LogP contribution in [0, 0.1) is 0 Å². The number of esters is 1. The maximum absolute atomic E-state index is 12.4. The number of hydrogen-bond acceptors (Lipinski definition) is 6. The molecule has 3 aromatic carbocycles. The molecular formula is C24H20ClN3O2S. The molecule has 4 aromatic rings. The van der Waals surface area contributed by atoms with Gasteiger partial charge >= 0.3 is 5.97 Å². The van der Waals surface area contributed by atoms with E-state index in [2.05, 4.69) is 34.1 Å². The minimum absolute atomic E-state index is 0.405. The van der Waals surface area contributed by atoms with Crippen LogP contribution in [-0.2, 0) is 0 Å². The molecule has 0 aliphatic carbocycles. The maximum Gasteiger partial charge on any atom is 0.343 e. The van der Waals surface area contributed by atoms with Crippen LogP contribution >= 0.6 is 22.9 Å². The lowest BCUT2D eigenvalue weighted by Crippen LogP contribution is -2.46. The number of anilines is 2. The number of aromatic nitrogens is 1. The zero-order valence-electron chi connectivity index (χ0n) is 16.7. The second-order valence-corrected chi connectivity index (χ2v) is 8.78. The van der Waals surface area contributed by atoms with Crippen LogP contribution in [-0.4, -0.2) is 37.1 Å². The van der Waals surface area contributed by atoms with E-state index >= 15 is 0 Å². The van der Waals surface area contributed by atoms with E-state index in [1.54, 1.807) is 41.7 Å². The first kappa shape index (κ1) is 19.8. The Kier molecular flexibility index (Phi) is 5.49. The topological polar surface area (TPSA) is 45.7 Å². The Morgan fingerprint density at radius 2 is 1.61 bits per heavy atom. The number of nitrogens with zero attached hydrogens (tertiary/aromatic N) is 3. The third kappa shape index (κ3) is 4.36. The number of piperazine rings is 1. The first-order chi connectivity index (χ1) is 15.2. The van der Waals surface area contributed by atoms with Crippen LogP contribution in [0.25, 0.3) is 10.2 Å². The predicted octanol–water partition coefficient (Wildman–Crippen LogP) is 5.50. The molecule has 0 saturated carbocycles. The molecule has 0 radical (unpaired) electrons. The smallest absolute Gasteiger partial charge is 0.343 e. The minimum Gasteiger partial charge on any atom is -0.423 e. The average Bonchev–Trinajstić information content (AvgIpc) is 3.24. The van der Waals surface area contributed by atoms with Gasteiger partial charge in [0.1, 0.15) is 5.75 Å².